The Kier molecular flexibility index (Phi) is 3.46. The average molecular weight is 360 g/mol. The number of hydrogen-bond acceptors (Lipinski definition) is 5. The fraction of sp³-hybridized carbons (Fsp3) is 0.200. The Morgan fingerprint density at radius 3 is 2.69 bits per heavy atom. The number of ketones is 1. The highest BCUT2D eigenvalue weighted by molar-refractivity contribution is 7.10. The zero-order valence-electron chi connectivity index (χ0n) is 14.2. The smallest absolute Gasteiger partial charge is 0.185 e. The second-order valence-corrected chi connectivity index (χ2v) is 7.58. The Morgan fingerprint density at radius 1 is 1.08 bits per heavy atom. The predicted octanol–water partition coefficient (Wildman–Crippen LogP) is 4.07. The maximum Gasteiger partial charge on any atom is 0.185 e. The lowest BCUT2D eigenvalue weighted by Crippen LogP contribution is -2.23. The Hall–Kier alpha value is -2.86. The molecule has 1 aliphatic carbocycles. The number of aryl methyl sites for hydroxylation is 1. The molecule has 0 aliphatic heterocycles. The van der Waals surface area contributed by atoms with Gasteiger partial charge in [-0.25, -0.2) is 4.52 Å². The number of hydrogen-bond donors (Lipinski definition) is 0. The summed E-state index contributed by atoms with van der Waals surface area (Å²) in [4.78, 5) is 13.9. The third-order valence-electron chi connectivity index (χ3n) is 4.95. The van der Waals surface area contributed by atoms with Crippen LogP contribution in [0.1, 0.15) is 39.1 Å². The number of carbonyl (C=O) groups is 1. The van der Waals surface area contributed by atoms with Crippen molar-refractivity contribution in [1.82, 2.24) is 19.8 Å². The quantitative estimate of drug-likeness (QED) is 0.540. The molecule has 0 saturated heterocycles. The van der Waals surface area contributed by atoms with Gasteiger partial charge >= 0.3 is 0 Å². The number of nitrogens with zero attached hydrogens (tertiary/aromatic N) is 4. The van der Waals surface area contributed by atoms with Crippen LogP contribution in [0.25, 0.3) is 16.8 Å². The maximum atomic E-state index is 12.7. The summed E-state index contributed by atoms with van der Waals surface area (Å²) in [7, 11) is 0. The number of rotatable bonds is 2. The maximum absolute atomic E-state index is 12.7. The van der Waals surface area contributed by atoms with Gasteiger partial charge in [0.15, 0.2) is 17.1 Å². The van der Waals surface area contributed by atoms with Crippen LogP contribution in [0.5, 0.6) is 0 Å². The monoisotopic (exact) mass is 360 g/mol. The molecule has 0 bridgehead atoms. The zero-order chi connectivity index (χ0) is 17.7. The molecule has 1 atom stereocenters. The highest BCUT2D eigenvalue weighted by Crippen LogP contribution is 2.35. The number of benzene rings is 1. The van der Waals surface area contributed by atoms with Gasteiger partial charge in [-0.2, -0.15) is 5.10 Å². The van der Waals surface area contributed by atoms with E-state index < -0.39 is 0 Å². The first-order valence-corrected chi connectivity index (χ1v) is 9.47. The van der Waals surface area contributed by atoms with E-state index in [-0.39, 0.29) is 11.7 Å². The SMILES string of the molecule is Cc1nn2c3c(nnc2c1-c1ccccc1)C(=O)CC(c1cccs1)C3. The van der Waals surface area contributed by atoms with Crippen LogP contribution in [0, 0.1) is 6.92 Å². The summed E-state index contributed by atoms with van der Waals surface area (Å²) in [5.74, 6) is 0.237. The summed E-state index contributed by atoms with van der Waals surface area (Å²) in [5.41, 5.74) is 4.98. The topological polar surface area (TPSA) is 60.1 Å². The third-order valence-corrected chi connectivity index (χ3v) is 5.99. The van der Waals surface area contributed by atoms with Gasteiger partial charge in [0.2, 0.25) is 0 Å². The molecule has 0 N–H and O–H groups in total. The number of thiophene rings is 1. The molecule has 0 spiro atoms. The molecule has 0 amide bonds. The van der Waals surface area contributed by atoms with E-state index in [0.29, 0.717) is 17.8 Å². The van der Waals surface area contributed by atoms with Crippen LogP contribution < -0.4 is 0 Å². The molecule has 1 unspecified atom stereocenters. The summed E-state index contributed by atoms with van der Waals surface area (Å²) in [6, 6.07) is 14.2. The molecule has 1 aliphatic rings. The normalized spacial score (nSPS) is 16.8. The van der Waals surface area contributed by atoms with Gasteiger partial charge in [-0.1, -0.05) is 36.4 Å². The second kappa shape index (κ2) is 5.85. The van der Waals surface area contributed by atoms with Crippen LogP contribution in [0.15, 0.2) is 47.8 Å². The summed E-state index contributed by atoms with van der Waals surface area (Å²) >= 11 is 1.70. The van der Waals surface area contributed by atoms with Crippen LogP contribution in [0.4, 0.5) is 0 Å². The molecule has 1 aromatic carbocycles. The van der Waals surface area contributed by atoms with Crippen LogP contribution in [0.3, 0.4) is 0 Å². The van der Waals surface area contributed by atoms with Crippen molar-refractivity contribution in [1.29, 1.82) is 0 Å². The summed E-state index contributed by atoms with van der Waals surface area (Å²) in [5, 5.41) is 15.4. The van der Waals surface area contributed by atoms with Crippen LogP contribution in [0.2, 0.25) is 0 Å². The first-order valence-electron chi connectivity index (χ1n) is 8.59. The molecule has 0 saturated carbocycles. The molecule has 0 fully saturated rings. The lowest BCUT2D eigenvalue weighted by molar-refractivity contribution is 0.0956. The van der Waals surface area contributed by atoms with Gasteiger partial charge in [0.05, 0.1) is 17.0 Å². The van der Waals surface area contributed by atoms with Crippen molar-refractivity contribution in [2.75, 3.05) is 0 Å². The number of aromatic nitrogens is 4. The molecular formula is C20H16N4OS. The van der Waals surface area contributed by atoms with E-state index in [1.165, 1.54) is 4.88 Å². The van der Waals surface area contributed by atoms with Crippen molar-refractivity contribution in [2.45, 2.75) is 25.7 Å². The lowest BCUT2D eigenvalue weighted by atomic mass is 9.87. The van der Waals surface area contributed by atoms with Gasteiger partial charge in [0.1, 0.15) is 0 Å². The number of Topliss-reactive ketones (excluding diaryl/α,β-unsaturated/α-hetero) is 1. The van der Waals surface area contributed by atoms with E-state index in [0.717, 1.165) is 28.9 Å². The van der Waals surface area contributed by atoms with Gasteiger partial charge < -0.3 is 0 Å². The molecule has 6 heteroatoms. The van der Waals surface area contributed by atoms with Gasteiger partial charge in [-0.3, -0.25) is 4.79 Å². The molecule has 5 rings (SSSR count). The Morgan fingerprint density at radius 2 is 1.92 bits per heavy atom. The predicted molar refractivity (Wildman–Crippen MR) is 101 cm³/mol. The van der Waals surface area contributed by atoms with Crippen molar-refractivity contribution >= 4 is 22.8 Å². The number of fused-ring (bicyclic) bond motifs is 3. The number of carbonyl (C=O) groups excluding carboxylic acids is 1. The van der Waals surface area contributed by atoms with E-state index in [1.807, 2.05) is 47.8 Å². The zero-order valence-corrected chi connectivity index (χ0v) is 15.0. The Labute approximate surface area is 154 Å². The van der Waals surface area contributed by atoms with Gasteiger partial charge in [0, 0.05) is 23.6 Å². The van der Waals surface area contributed by atoms with E-state index in [4.69, 9.17) is 5.10 Å². The molecule has 128 valence electrons. The highest BCUT2D eigenvalue weighted by Gasteiger charge is 2.31. The largest absolute Gasteiger partial charge is 0.292 e. The molecule has 3 aromatic heterocycles. The summed E-state index contributed by atoms with van der Waals surface area (Å²) in [6.45, 7) is 1.98. The highest BCUT2D eigenvalue weighted by atomic mass is 32.1. The minimum Gasteiger partial charge on any atom is -0.292 e. The van der Waals surface area contributed by atoms with Gasteiger partial charge in [0.25, 0.3) is 0 Å². The molecule has 5 nitrogen and oxygen atoms in total. The lowest BCUT2D eigenvalue weighted by Gasteiger charge is -2.21. The molecular weight excluding hydrogens is 344 g/mol. The molecule has 3 heterocycles. The summed E-state index contributed by atoms with van der Waals surface area (Å²) < 4.78 is 1.83. The minimum absolute atomic E-state index is 0.0495. The minimum atomic E-state index is 0.0495. The third kappa shape index (κ3) is 2.29. The first kappa shape index (κ1) is 15.4. The fourth-order valence-electron chi connectivity index (χ4n) is 3.74. The molecule has 0 radical (unpaired) electrons. The van der Waals surface area contributed by atoms with Crippen molar-refractivity contribution in [2.24, 2.45) is 0 Å². The van der Waals surface area contributed by atoms with E-state index in [1.54, 1.807) is 11.3 Å². The van der Waals surface area contributed by atoms with Gasteiger partial charge in [-0.15, -0.1) is 21.5 Å². The Bertz CT molecular complexity index is 1120. The Balaban J connectivity index is 1.70. The second-order valence-electron chi connectivity index (χ2n) is 6.60. The van der Waals surface area contributed by atoms with Crippen molar-refractivity contribution in [3.05, 3.63) is 69.8 Å². The average Bonchev–Trinajstić information content (AvgIpc) is 3.29. The van der Waals surface area contributed by atoms with E-state index in [9.17, 15) is 4.79 Å². The van der Waals surface area contributed by atoms with Crippen molar-refractivity contribution in [3.63, 3.8) is 0 Å². The molecule has 4 aromatic rings. The first-order chi connectivity index (χ1) is 12.7. The van der Waals surface area contributed by atoms with Crippen molar-refractivity contribution < 1.29 is 4.79 Å². The van der Waals surface area contributed by atoms with E-state index in [2.05, 4.69) is 21.6 Å². The standard InChI is InChI=1S/C20H16N4OS/c1-12-18(13-6-3-2-4-7-13)20-22-21-19-15(24(20)23-12)10-14(11-16(19)25)17-8-5-9-26-17/h2-9,14H,10-11H2,1H3. The summed E-state index contributed by atoms with van der Waals surface area (Å²) in [6.07, 6.45) is 1.24. The van der Waals surface area contributed by atoms with E-state index >= 15 is 0 Å². The fourth-order valence-corrected chi connectivity index (χ4v) is 4.57. The molecule has 26 heavy (non-hydrogen) atoms. The van der Waals surface area contributed by atoms with Crippen LogP contribution in [-0.4, -0.2) is 25.6 Å². The van der Waals surface area contributed by atoms with Crippen molar-refractivity contribution in [3.8, 4) is 11.1 Å². The van der Waals surface area contributed by atoms with Gasteiger partial charge in [-0.05, 0) is 23.9 Å². The van der Waals surface area contributed by atoms with Crippen LogP contribution >= 0.6 is 11.3 Å². The van der Waals surface area contributed by atoms with Crippen LogP contribution in [-0.2, 0) is 6.42 Å².